The van der Waals surface area contributed by atoms with Gasteiger partial charge in [-0.2, -0.15) is 0 Å². The number of hydrogen-bond acceptors (Lipinski definition) is 4. The van der Waals surface area contributed by atoms with E-state index >= 15 is 0 Å². The summed E-state index contributed by atoms with van der Waals surface area (Å²) in [7, 11) is 2.96. The molecule has 146 valence electrons. The number of carbonyl (C=O) groups excluding carboxylic acids is 2. The van der Waals surface area contributed by atoms with Crippen LogP contribution in [-0.4, -0.2) is 31.1 Å². The highest BCUT2D eigenvalue weighted by Gasteiger charge is 2.26. The SMILES string of the molecule is CCc1[nH]c(C(=O)NC(c2ccc(OC)cc2)C(C)C)c(C)c1C(=O)OC. The van der Waals surface area contributed by atoms with Crippen LogP contribution in [0.15, 0.2) is 24.3 Å². The van der Waals surface area contributed by atoms with E-state index < -0.39 is 5.97 Å². The highest BCUT2D eigenvalue weighted by Crippen LogP contribution is 2.26. The van der Waals surface area contributed by atoms with E-state index in [1.54, 1.807) is 14.0 Å². The van der Waals surface area contributed by atoms with E-state index in [9.17, 15) is 9.59 Å². The van der Waals surface area contributed by atoms with Crippen molar-refractivity contribution in [3.8, 4) is 5.75 Å². The van der Waals surface area contributed by atoms with Gasteiger partial charge in [-0.25, -0.2) is 4.79 Å². The summed E-state index contributed by atoms with van der Waals surface area (Å²) in [5, 5.41) is 3.09. The Hall–Kier alpha value is -2.76. The molecule has 0 aliphatic heterocycles. The highest BCUT2D eigenvalue weighted by molar-refractivity contribution is 6.00. The van der Waals surface area contributed by atoms with Gasteiger partial charge in [0, 0.05) is 5.69 Å². The molecule has 2 rings (SSSR count). The maximum atomic E-state index is 13.0. The molecule has 0 aliphatic carbocycles. The molecule has 6 nitrogen and oxygen atoms in total. The number of nitrogens with one attached hydrogen (secondary N) is 2. The van der Waals surface area contributed by atoms with Gasteiger partial charge in [-0.3, -0.25) is 4.79 Å². The Bertz CT molecular complexity index is 806. The van der Waals surface area contributed by atoms with Crippen LogP contribution in [0.25, 0.3) is 0 Å². The zero-order valence-corrected chi connectivity index (χ0v) is 16.8. The third-order valence-corrected chi connectivity index (χ3v) is 4.73. The fraction of sp³-hybridized carbons (Fsp3) is 0.429. The Balaban J connectivity index is 2.33. The number of aryl methyl sites for hydroxylation is 1. The third kappa shape index (κ3) is 4.32. The summed E-state index contributed by atoms with van der Waals surface area (Å²) in [4.78, 5) is 28.1. The monoisotopic (exact) mass is 372 g/mol. The van der Waals surface area contributed by atoms with Crippen molar-refractivity contribution in [1.82, 2.24) is 10.3 Å². The molecule has 1 aromatic heterocycles. The molecular weight excluding hydrogens is 344 g/mol. The normalized spacial score (nSPS) is 12.0. The summed E-state index contributed by atoms with van der Waals surface area (Å²) in [5.74, 6) is 0.272. The number of H-pyrrole nitrogens is 1. The Labute approximate surface area is 160 Å². The molecule has 27 heavy (non-hydrogen) atoms. The summed E-state index contributed by atoms with van der Waals surface area (Å²) in [5.41, 5.74) is 3.14. The molecule has 0 fully saturated rings. The lowest BCUT2D eigenvalue weighted by atomic mass is 9.95. The molecular formula is C21H28N2O4. The maximum absolute atomic E-state index is 13.0. The summed E-state index contributed by atoms with van der Waals surface area (Å²) >= 11 is 0. The minimum atomic E-state index is -0.435. The Kier molecular flexibility index (Phi) is 6.66. The molecule has 1 heterocycles. The second kappa shape index (κ2) is 8.75. The van der Waals surface area contributed by atoms with Crippen molar-refractivity contribution in [2.45, 2.75) is 40.2 Å². The van der Waals surface area contributed by atoms with Crippen molar-refractivity contribution in [3.63, 3.8) is 0 Å². The molecule has 0 saturated heterocycles. The van der Waals surface area contributed by atoms with E-state index in [0.29, 0.717) is 28.9 Å². The summed E-state index contributed by atoms with van der Waals surface area (Å²) in [6.07, 6.45) is 0.602. The number of carbonyl (C=O) groups is 2. The molecule has 0 saturated carbocycles. The number of aromatic nitrogens is 1. The Morgan fingerprint density at radius 2 is 1.78 bits per heavy atom. The van der Waals surface area contributed by atoms with E-state index in [1.165, 1.54) is 7.11 Å². The van der Waals surface area contributed by atoms with Crippen molar-refractivity contribution in [3.05, 3.63) is 52.3 Å². The number of amides is 1. The first-order chi connectivity index (χ1) is 12.8. The molecule has 0 bridgehead atoms. The number of aromatic amines is 1. The lowest BCUT2D eigenvalue weighted by Crippen LogP contribution is -2.32. The van der Waals surface area contributed by atoms with Crippen LogP contribution in [-0.2, 0) is 11.2 Å². The van der Waals surface area contributed by atoms with Gasteiger partial charge in [0.05, 0.1) is 25.8 Å². The zero-order chi connectivity index (χ0) is 20.1. The highest BCUT2D eigenvalue weighted by atomic mass is 16.5. The second-order valence-electron chi connectivity index (χ2n) is 6.79. The molecule has 1 aromatic carbocycles. The quantitative estimate of drug-likeness (QED) is 0.724. The lowest BCUT2D eigenvalue weighted by Gasteiger charge is -2.23. The van der Waals surface area contributed by atoms with Crippen LogP contribution in [0.3, 0.4) is 0 Å². The molecule has 2 N–H and O–H groups in total. The van der Waals surface area contributed by atoms with Gasteiger partial charge in [0.15, 0.2) is 0 Å². The van der Waals surface area contributed by atoms with Gasteiger partial charge in [0.1, 0.15) is 11.4 Å². The van der Waals surface area contributed by atoms with E-state index in [0.717, 1.165) is 11.3 Å². The topological polar surface area (TPSA) is 80.4 Å². The molecule has 1 atom stereocenters. The smallest absolute Gasteiger partial charge is 0.339 e. The number of benzene rings is 1. The van der Waals surface area contributed by atoms with Gasteiger partial charge in [-0.05, 0) is 42.5 Å². The molecule has 0 aliphatic rings. The molecule has 1 unspecified atom stereocenters. The van der Waals surface area contributed by atoms with Crippen LogP contribution < -0.4 is 10.1 Å². The molecule has 2 aromatic rings. The van der Waals surface area contributed by atoms with Gasteiger partial charge < -0.3 is 19.8 Å². The summed E-state index contributed by atoms with van der Waals surface area (Å²) in [6, 6.07) is 7.48. The zero-order valence-electron chi connectivity index (χ0n) is 16.8. The Morgan fingerprint density at radius 1 is 1.15 bits per heavy atom. The Morgan fingerprint density at radius 3 is 2.26 bits per heavy atom. The third-order valence-electron chi connectivity index (χ3n) is 4.73. The van der Waals surface area contributed by atoms with Gasteiger partial charge in [0.2, 0.25) is 0 Å². The fourth-order valence-electron chi connectivity index (χ4n) is 3.19. The minimum absolute atomic E-state index is 0.169. The first kappa shape index (κ1) is 20.6. The molecule has 0 radical (unpaired) electrons. The first-order valence-corrected chi connectivity index (χ1v) is 9.08. The first-order valence-electron chi connectivity index (χ1n) is 9.08. The van der Waals surface area contributed by atoms with Crippen LogP contribution >= 0.6 is 0 Å². The van der Waals surface area contributed by atoms with E-state index in [2.05, 4.69) is 10.3 Å². The number of ether oxygens (including phenoxy) is 2. The van der Waals surface area contributed by atoms with Crippen LogP contribution in [0, 0.1) is 12.8 Å². The van der Waals surface area contributed by atoms with Gasteiger partial charge in [0.25, 0.3) is 5.91 Å². The number of hydrogen-bond donors (Lipinski definition) is 2. The van der Waals surface area contributed by atoms with E-state index in [-0.39, 0.29) is 17.9 Å². The molecule has 1 amide bonds. The van der Waals surface area contributed by atoms with Gasteiger partial charge >= 0.3 is 5.97 Å². The molecule has 6 heteroatoms. The van der Waals surface area contributed by atoms with Crippen molar-refractivity contribution >= 4 is 11.9 Å². The molecule has 0 spiro atoms. The van der Waals surface area contributed by atoms with Crippen molar-refractivity contribution in [1.29, 1.82) is 0 Å². The van der Waals surface area contributed by atoms with Crippen molar-refractivity contribution in [2.75, 3.05) is 14.2 Å². The van der Waals surface area contributed by atoms with Crippen LogP contribution in [0.5, 0.6) is 5.75 Å². The van der Waals surface area contributed by atoms with Crippen LogP contribution in [0.2, 0.25) is 0 Å². The summed E-state index contributed by atoms with van der Waals surface area (Å²) < 4.78 is 10.1. The van der Waals surface area contributed by atoms with E-state index in [4.69, 9.17) is 9.47 Å². The predicted octanol–water partition coefficient (Wildman–Crippen LogP) is 3.81. The van der Waals surface area contributed by atoms with Crippen LogP contribution in [0.1, 0.15) is 64.5 Å². The minimum Gasteiger partial charge on any atom is -0.497 e. The van der Waals surface area contributed by atoms with E-state index in [1.807, 2.05) is 45.0 Å². The van der Waals surface area contributed by atoms with Gasteiger partial charge in [-0.1, -0.05) is 32.9 Å². The average Bonchev–Trinajstić information content (AvgIpc) is 3.01. The number of methoxy groups -OCH3 is 2. The summed E-state index contributed by atoms with van der Waals surface area (Å²) in [6.45, 7) is 7.78. The average molecular weight is 372 g/mol. The largest absolute Gasteiger partial charge is 0.497 e. The number of esters is 1. The van der Waals surface area contributed by atoms with Crippen molar-refractivity contribution in [2.24, 2.45) is 5.92 Å². The van der Waals surface area contributed by atoms with Crippen molar-refractivity contribution < 1.29 is 19.1 Å². The van der Waals surface area contributed by atoms with Gasteiger partial charge in [-0.15, -0.1) is 0 Å². The fourth-order valence-corrected chi connectivity index (χ4v) is 3.19. The predicted molar refractivity (Wildman–Crippen MR) is 104 cm³/mol. The second-order valence-corrected chi connectivity index (χ2v) is 6.79. The standard InChI is InChI=1S/C21H28N2O4/c1-7-16-17(21(25)27-6)13(4)19(22-16)20(24)23-18(12(2)3)14-8-10-15(26-5)11-9-14/h8-12,18,22H,7H2,1-6H3,(H,23,24). The maximum Gasteiger partial charge on any atom is 0.339 e. The lowest BCUT2D eigenvalue weighted by molar-refractivity contribution is 0.0599. The number of rotatable bonds is 7. The van der Waals surface area contributed by atoms with Crippen LogP contribution in [0.4, 0.5) is 0 Å².